The molecule has 0 bridgehead atoms. The minimum absolute atomic E-state index is 0.129. The Morgan fingerprint density at radius 2 is 2.00 bits per heavy atom. The first kappa shape index (κ1) is 16.7. The number of carbonyl (C=O) groups is 2. The monoisotopic (exact) mass is 312 g/mol. The summed E-state index contributed by atoms with van der Waals surface area (Å²) in [5.41, 5.74) is 1.30. The summed E-state index contributed by atoms with van der Waals surface area (Å²) in [6.07, 6.45) is 0.547. The van der Waals surface area contributed by atoms with E-state index in [2.05, 4.69) is 6.58 Å². The Balaban J connectivity index is 2.08. The number of aromatic hydroxyl groups is 1. The van der Waals surface area contributed by atoms with Gasteiger partial charge in [0.1, 0.15) is 5.75 Å². The minimum atomic E-state index is -0.550. The Bertz CT molecular complexity index is 761. The number of phenolic OH excluding ortho intramolecular Hbond substituents is 1. The molecule has 0 radical (unpaired) electrons. The molecule has 1 unspecified atom stereocenters. The van der Waals surface area contributed by atoms with Crippen LogP contribution in [0.3, 0.4) is 0 Å². The molecule has 2 rings (SSSR count). The van der Waals surface area contributed by atoms with Gasteiger partial charge in [-0.2, -0.15) is 0 Å². The van der Waals surface area contributed by atoms with E-state index < -0.39 is 5.97 Å². The first-order chi connectivity index (χ1) is 10.9. The first-order valence-corrected chi connectivity index (χ1v) is 7.44. The predicted molar refractivity (Wildman–Crippen MR) is 89.3 cm³/mol. The number of hydrogen-bond acceptors (Lipinski definition) is 4. The van der Waals surface area contributed by atoms with Crippen molar-refractivity contribution in [3.8, 4) is 5.75 Å². The maximum Gasteiger partial charge on any atom is 0.333 e. The van der Waals surface area contributed by atoms with Gasteiger partial charge in [-0.05, 0) is 41.8 Å². The zero-order chi connectivity index (χ0) is 17.0. The van der Waals surface area contributed by atoms with E-state index >= 15 is 0 Å². The summed E-state index contributed by atoms with van der Waals surface area (Å²) < 4.78 is 4.91. The summed E-state index contributed by atoms with van der Waals surface area (Å²) in [4.78, 5) is 23.5. The van der Waals surface area contributed by atoms with Gasteiger partial charge in [0.05, 0.1) is 0 Å². The lowest BCUT2D eigenvalue weighted by Crippen LogP contribution is -2.21. The molecule has 23 heavy (non-hydrogen) atoms. The standard InChI is InChI=1S/C19H20O4/c1-12(2)19(22)23-11-18(21)13(3)9-14-5-4-6-15-10-16(20)7-8-17(14)15/h4-8,10,13,20H,1,9,11H2,2-3H3. The number of rotatable bonds is 6. The van der Waals surface area contributed by atoms with Crippen LogP contribution >= 0.6 is 0 Å². The van der Waals surface area contributed by atoms with Crippen LogP contribution in [0, 0.1) is 5.92 Å². The minimum Gasteiger partial charge on any atom is -0.508 e. The summed E-state index contributed by atoms with van der Waals surface area (Å²) in [7, 11) is 0. The number of carbonyl (C=O) groups excluding carboxylic acids is 2. The maximum atomic E-state index is 12.1. The molecule has 0 aliphatic carbocycles. The topological polar surface area (TPSA) is 63.6 Å². The molecule has 0 aliphatic rings. The number of ether oxygens (including phenoxy) is 1. The van der Waals surface area contributed by atoms with Gasteiger partial charge in [-0.15, -0.1) is 0 Å². The Morgan fingerprint density at radius 1 is 1.26 bits per heavy atom. The number of benzene rings is 2. The van der Waals surface area contributed by atoms with Crippen molar-refractivity contribution in [2.45, 2.75) is 20.3 Å². The molecule has 0 saturated heterocycles. The van der Waals surface area contributed by atoms with Crippen molar-refractivity contribution in [2.24, 2.45) is 5.92 Å². The summed E-state index contributed by atoms with van der Waals surface area (Å²) in [6.45, 7) is 6.60. The molecule has 4 heteroatoms. The SMILES string of the molecule is C=C(C)C(=O)OCC(=O)C(C)Cc1cccc2cc(O)ccc12. The lowest BCUT2D eigenvalue weighted by atomic mass is 9.93. The van der Waals surface area contributed by atoms with Gasteiger partial charge in [0.15, 0.2) is 12.4 Å². The van der Waals surface area contributed by atoms with Crippen LogP contribution in [0.25, 0.3) is 10.8 Å². The zero-order valence-electron chi connectivity index (χ0n) is 13.3. The van der Waals surface area contributed by atoms with E-state index in [-0.39, 0.29) is 29.6 Å². The highest BCUT2D eigenvalue weighted by Gasteiger charge is 2.17. The molecule has 0 fully saturated rings. The number of ketones is 1. The summed E-state index contributed by atoms with van der Waals surface area (Å²) in [5.74, 6) is -0.737. The maximum absolute atomic E-state index is 12.1. The molecule has 1 N–H and O–H groups in total. The second kappa shape index (κ2) is 7.09. The Labute approximate surface area is 135 Å². The number of esters is 1. The molecule has 120 valence electrons. The van der Waals surface area contributed by atoms with Gasteiger partial charge < -0.3 is 9.84 Å². The van der Waals surface area contributed by atoms with E-state index in [1.54, 1.807) is 19.1 Å². The van der Waals surface area contributed by atoms with Crippen LogP contribution in [0.4, 0.5) is 0 Å². The first-order valence-electron chi connectivity index (χ1n) is 7.44. The van der Waals surface area contributed by atoms with Crippen LogP contribution in [0.15, 0.2) is 48.6 Å². The van der Waals surface area contributed by atoms with Crippen LogP contribution in [0.2, 0.25) is 0 Å². The van der Waals surface area contributed by atoms with Gasteiger partial charge in [0.2, 0.25) is 0 Å². The van der Waals surface area contributed by atoms with Crippen molar-refractivity contribution in [2.75, 3.05) is 6.61 Å². The molecule has 4 nitrogen and oxygen atoms in total. The van der Waals surface area contributed by atoms with E-state index in [1.165, 1.54) is 0 Å². The molecule has 1 atom stereocenters. The van der Waals surface area contributed by atoms with Crippen LogP contribution in [0.5, 0.6) is 5.75 Å². The smallest absolute Gasteiger partial charge is 0.333 e. The lowest BCUT2D eigenvalue weighted by molar-refractivity contribution is -0.145. The predicted octanol–water partition coefficient (Wildman–Crippen LogP) is 3.41. The molecular formula is C19H20O4. The van der Waals surface area contributed by atoms with Crippen molar-refractivity contribution in [1.82, 2.24) is 0 Å². The average molecular weight is 312 g/mol. The van der Waals surface area contributed by atoms with Crippen LogP contribution < -0.4 is 0 Å². The van der Waals surface area contributed by atoms with Gasteiger partial charge in [0.25, 0.3) is 0 Å². The second-order valence-electron chi connectivity index (χ2n) is 5.75. The molecule has 2 aromatic carbocycles. The fourth-order valence-corrected chi connectivity index (χ4v) is 2.36. The number of phenols is 1. The highest BCUT2D eigenvalue weighted by Crippen LogP contribution is 2.25. The third-order valence-corrected chi connectivity index (χ3v) is 3.72. The van der Waals surface area contributed by atoms with E-state index in [9.17, 15) is 14.7 Å². The van der Waals surface area contributed by atoms with Crippen molar-refractivity contribution >= 4 is 22.5 Å². The Morgan fingerprint density at radius 3 is 2.70 bits per heavy atom. The van der Waals surface area contributed by atoms with E-state index in [1.807, 2.05) is 31.2 Å². The second-order valence-corrected chi connectivity index (χ2v) is 5.75. The normalized spacial score (nSPS) is 11.9. The Hall–Kier alpha value is -2.62. The van der Waals surface area contributed by atoms with Gasteiger partial charge in [-0.1, -0.05) is 37.8 Å². The van der Waals surface area contributed by atoms with Gasteiger partial charge >= 0.3 is 5.97 Å². The highest BCUT2D eigenvalue weighted by atomic mass is 16.5. The molecule has 0 heterocycles. The van der Waals surface area contributed by atoms with Crippen LogP contribution in [-0.2, 0) is 20.7 Å². The lowest BCUT2D eigenvalue weighted by Gasteiger charge is -2.13. The Kier molecular flexibility index (Phi) is 5.16. The van der Waals surface area contributed by atoms with Gasteiger partial charge in [-0.25, -0.2) is 4.79 Å². The largest absolute Gasteiger partial charge is 0.508 e. The van der Waals surface area contributed by atoms with Crippen LogP contribution in [0.1, 0.15) is 19.4 Å². The average Bonchev–Trinajstić information content (AvgIpc) is 2.51. The summed E-state index contributed by atoms with van der Waals surface area (Å²) in [6, 6.07) is 10.9. The van der Waals surface area contributed by atoms with Crippen LogP contribution in [-0.4, -0.2) is 23.5 Å². The number of fused-ring (bicyclic) bond motifs is 1. The third-order valence-electron chi connectivity index (χ3n) is 3.72. The van der Waals surface area contributed by atoms with E-state index in [4.69, 9.17) is 4.74 Å². The quantitative estimate of drug-likeness (QED) is 0.656. The molecule has 0 amide bonds. The molecule has 0 spiro atoms. The number of Topliss-reactive ketones (excluding diaryl/α,β-unsaturated/α-hetero) is 1. The van der Waals surface area contributed by atoms with Gasteiger partial charge in [0, 0.05) is 11.5 Å². The zero-order valence-corrected chi connectivity index (χ0v) is 13.3. The molecule has 0 aliphatic heterocycles. The fourth-order valence-electron chi connectivity index (χ4n) is 2.36. The van der Waals surface area contributed by atoms with Crippen molar-refractivity contribution < 1.29 is 19.4 Å². The van der Waals surface area contributed by atoms with Gasteiger partial charge in [-0.3, -0.25) is 4.79 Å². The van der Waals surface area contributed by atoms with Crippen molar-refractivity contribution in [1.29, 1.82) is 0 Å². The van der Waals surface area contributed by atoms with Crippen molar-refractivity contribution in [3.63, 3.8) is 0 Å². The molecule has 2 aromatic rings. The highest BCUT2D eigenvalue weighted by molar-refractivity contribution is 5.91. The third kappa shape index (κ3) is 4.19. The van der Waals surface area contributed by atoms with Crippen molar-refractivity contribution in [3.05, 3.63) is 54.1 Å². The van der Waals surface area contributed by atoms with E-state index in [0.717, 1.165) is 16.3 Å². The molecule has 0 saturated carbocycles. The fraction of sp³-hybridized carbons (Fsp3) is 0.263. The summed E-state index contributed by atoms with van der Waals surface area (Å²) >= 11 is 0. The van der Waals surface area contributed by atoms with E-state index in [0.29, 0.717) is 6.42 Å². The molecular weight excluding hydrogens is 292 g/mol. The summed E-state index contributed by atoms with van der Waals surface area (Å²) in [5, 5.41) is 11.5. The molecule has 0 aromatic heterocycles. The number of hydrogen-bond donors (Lipinski definition) is 1.